The lowest BCUT2D eigenvalue weighted by atomic mass is 9.96. The summed E-state index contributed by atoms with van der Waals surface area (Å²) in [6, 6.07) is 12.1. The Morgan fingerprint density at radius 1 is 1.02 bits per heavy atom. The van der Waals surface area contributed by atoms with Crippen molar-refractivity contribution in [3.63, 3.8) is 0 Å². The molecule has 3 atom stereocenters. The standard InChI is InChI=1S/C31H39F2N5O4/c1-42-16-15-36-11-13-37(14-12-36)31(41)34-19-28(39)38-20-24(32)18-27(38)30(40)35-29(22-5-3-2-4-6-22)23-9-10-25(21-7-8-21)26(33)17-23/h2-6,9-10,17,21,24,27,29H,7-8,11-16,18-20H2,1H3,(H,34,41)(H,35,40)/t24-,27+,29+/m1/s1. The van der Waals surface area contributed by atoms with E-state index in [1.165, 1.54) is 11.0 Å². The molecule has 2 aromatic carbocycles. The zero-order chi connectivity index (χ0) is 29.6. The average Bonchev–Trinajstić information content (AvgIpc) is 3.77. The monoisotopic (exact) mass is 583 g/mol. The van der Waals surface area contributed by atoms with Crippen molar-refractivity contribution in [3.8, 4) is 0 Å². The summed E-state index contributed by atoms with van der Waals surface area (Å²) < 4.78 is 34.7. The molecule has 2 saturated heterocycles. The molecule has 0 radical (unpaired) electrons. The molecular weight excluding hydrogens is 544 g/mol. The fraction of sp³-hybridized carbons (Fsp3) is 0.516. The maximum absolute atomic E-state index is 15.0. The third-order valence-electron chi connectivity index (χ3n) is 8.33. The average molecular weight is 584 g/mol. The molecular formula is C31H39F2N5O4. The van der Waals surface area contributed by atoms with Gasteiger partial charge in [0.15, 0.2) is 0 Å². The second-order valence-corrected chi connectivity index (χ2v) is 11.3. The summed E-state index contributed by atoms with van der Waals surface area (Å²) in [6.07, 6.45) is 0.422. The van der Waals surface area contributed by atoms with Gasteiger partial charge in [0, 0.05) is 46.3 Å². The van der Waals surface area contributed by atoms with Crippen molar-refractivity contribution >= 4 is 17.8 Å². The van der Waals surface area contributed by atoms with Crippen LogP contribution in [0.3, 0.4) is 0 Å². The van der Waals surface area contributed by atoms with Crippen molar-refractivity contribution in [1.29, 1.82) is 0 Å². The van der Waals surface area contributed by atoms with Gasteiger partial charge < -0.3 is 25.2 Å². The number of urea groups is 1. The Bertz CT molecular complexity index is 1250. The largest absolute Gasteiger partial charge is 0.383 e. The quantitative estimate of drug-likeness (QED) is 0.449. The van der Waals surface area contributed by atoms with Crippen LogP contribution in [0.15, 0.2) is 48.5 Å². The number of halogens is 2. The third-order valence-corrected chi connectivity index (χ3v) is 8.33. The van der Waals surface area contributed by atoms with Gasteiger partial charge in [0.05, 0.1) is 25.7 Å². The van der Waals surface area contributed by atoms with E-state index in [0.29, 0.717) is 43.9 Å². The minimum Gasteiger partial charge on any atom is -0.383 e. The number of hydrogen-bond donors (Lipinski definition) is 2. The minimum atomic E-state index is -1.37. The summed E-state index contributed by atoms with van der Waals surface area (Å²) >= 11 is 0. The Hall–Kier alpha value is -3.57. The van der Waals surface area contributed by atoms with E-state index >= 15 is 0 Å². The first-order valence-corrected chi connectivity index (χ1v) is 14.7. The van der Waals surface area contributed by atoms with E-state index in [-0.39, 0.29) is 37.3 Å². The van der Waals surface area contributed by atoms with Crippen molar-refractivity contribution in [1.82, 2.24) is 25.3 Å². The minimum absolute atomic E-state index is 0.147. The number of piperazine rings is 1. The molecule has 0 spiro atoms. The zero-order valence-electron chi connectivity index (χ0n) is 23.9. The molecule has 2 heterocycles. The van der Waals surface area contributed by atoms with Gasteiger partial charge in [-0.25, -0.2) is 13.6 Å². The number of carbonyl (C=O) groups excluding carboxylic acids is 3. The zero-order valence-corrected chi connectivity index (χ0v) is 23.9. The number of rotatable bonds is 10. The molecule has 0 aromatic heterocycles. The van der Waals surface area contributed by atoms with Gasteiger partial charge in [0.2, 0.25) is 11.8 Å². The highest BCUT2D eigenvalue weighted by atomic mass is 19.1. The number of nitrogens with one attached hydrogen (secondary N) is 2. The smallest absolute Gasteiger partial charge is 0.317 e. The van der Waals surface area contributed by atoms with E-state index in [1.54, 1.807) is 18.1 Å². The number of likely N-dealkylation sites (tertiary alicyclic amines) is 1. The molecule has 42 heavy (non-hydrogen) atoms. The highest BCUT2D eigenvalue weighted by molar-refractivity contribution is 5.91. The van der Waals surface area contributed by atoms with E-state index in [1.807, 2.05) is 36.4 Å². The maximum atomic E-state index is 15.0. The lowest BCUT2D eigenvalue weighted by molar-refractivity contribution is -0.137. The summed E-state index contributed by atoms with van der Waals surface area (Å²) in [7, 11) is 1.65. The molecule has 9 nitrogen and oxygen atoms in total. The summed E-state index contributed by atoms with van der Waals surface area (Å²) in [4.78, 5) is 44.4. The van der Waals surface area contributed by atoms with Crippen LogP contribution in [0.4, 0.5) is 13.6 Å². The summed E-state index contributed by atoms with van der Waals surface area (Å²) in [5.41, 5.74) is 1.99. The first kappa shape index (κ1) is 29.9. The molecule has 5 rings (SSSR count). The molecule has 1 saturated carbocycles. The Labute approximate surface area is 245 Å². The summed E-state index contributed by atoms with van der Waals surface area (Å²) in [5.74, 6) is -1.12. The Balaban J connectivity index is 1.22. The predicted octanol–water partition coefficient (Wildman–Crippen LogP) is 2.82. The van der Waals surface area contributed by atoms with Gasteiger partial charge >= 0.3 is 6.03 Å². The number of alkyl halides is 1. The van der Waals surface area contributed by atoms with Gasteiger partial charge in [-0.3, -0.25) is 14.5 Å². The van der Waals surface area contributed by atoms with Crippen LogP contribution in [0.2, 0.25) is 0 Å². The second-order valence-electron chi connectivity index (χ2n) is 11.3. The normalized spacial score (nSPS) is 21.7. The maximum Gasteiger partial charge on any atom is 0.317 e. The molecule has 3 fully saturated rings. The van der Waals surface area contributed by atoms with E-state index in [9.17, 15) is 23.2 Å². The highest BCUT2D eigenvalue weighted by Gasteiger charge is 2.40. The number of benzene rings is 2. The summed E-state index contributed by atoms with van der Waals surface area (Å²) in [5, 5.41) is 5.58. The molecule has 2 aromatic rings. The molecule has 226 valence electrons. The van der Waals surface area contributed by atoms with Crippen molar-refractivity contribution < 1.29 is 27.9 Å². The van der Waals surface area contributed by atoms with Crippen LogP contribution in [-0.4, -0.2) is 104 Å². The third kappa shape index (κ3) is 7.25. The fourth-order valence-electron chi connectivity index (χ4n) is 5.76. The topological polar surface area (TPSA) is 94.2 Å². The second kappa shape index (κ2) is 13.6. The van der Waals surface area contributed by atoms with Crippen LogP contribution in [0.1, 0.15) is 47.9 Å². The fourth-order valence-corrected chi connectivity index (χ4v) is 5.76. The van der Waals surface area contributed by atoms with Gasteiger partial charge in [-0.05, 0) is 41.5 Å². The molecule has 4 amide bonds. The van der Waals surface area contributed by atoms with Crippen molar-refractivity contribution in [2.45, 2.75) is 43.4 Å². The molecule has 0 unspecified atom stereocenters. The van der Waals surface area contributed by atoms with Crippen molar-refractivity contribution in [2.75, 3.05) is 59.5 Å². The van der Waals surface area contributed by atoms with E-state index < -0.39 is 30.1 Å². The Morgan fingerprint density at radius 2 is 1.76 bits per heavy atom. The number of amides is 4. The van der Waals surface area contributed by atoms with Crippen LogP contribution >= 0.6 is 0 Å². The van der Waals surface area contributed by atoms with E-state index in [0.717, 1.165) is 24.9 Å². The van der Waals surface area contributed by atoms with Crippen LogP contribution in [0.25, 0.3) is 0 Å². The van der Waals surface area contributed by atoms with Crippen LogP contribution in [0, 0.1) is 5.82 Å². The van der Waals surface area contributed by atoms with Crippen molar-refractivity contribution in [2.24, 2.45) is 0 Å². The number of nitrogens with zero attached hydrogens (tertiary/aromatic N) is 3. The van der Waals surface area contributed by atoms with Crippen LogP contribution in [0.5, 0.6) is 0 Å². The van der Waals surface area contributed by atoms with Gasteiger partial charge in [0.1, 0.15) is 18.0 Å². The van der Waals surface area contributed by atoms with Gasteiger partial charge in [-0.15, -0.1) is 0 Å². The number of methoxy groups -OCH3 is 1. The van der Waals surface area contributed by atoms with Gasteiger partial charge in [0.25, 0.3) is 0 Å². The van der Waals surface area contributed by atoms with E-state index in [2.05, 4.69) is 15.5 Å². The molecule has 11 heteroatoms. The van der Waals surface area contributed by atoms with Crippen LogP contribution in [-0.2, 0) is 14.3 Å². The van der Waals surface area contributed by atoms with Gasteiger partial charge in [-0.1, -0.05) is 42.5 Å². The number of carbonyl (C=O) groups is 3. The first-order chi connectivity index (χ1) is 20.3. The highest BCUT2D eigenvalue weighted by Crippen LogP contribution is 2.42. The molecule has 3 aliphatic rings. The Morgan fingerprint density at radius 3 is 2.43 bits per heavy atom. The van der Waals surface area contributed by atoms with Crippen molar-refractivity contribution in [3.05, 3.63) is 71.0 Å². The number of ether oxygens (including phenoxy) is 1. The number of hydrogen-bond acceptors (Lipinski definition) is 5. The van der Waals surface area contributed by atoms with E-state index in [4.69, 9.17) is 4.74 Å². The molecule has 1 aliphatic carbocycles. The molecule has 0 bridgehead atoms. The first-order valence-electron chi connectivity index (χ1n) is 14.7. The molecule has 2 aliphatic heterocycles. The lowest BCUT2D eigenvalue weighted by Crippen LogP contribution is -2.54. The predicted molar refractivity (Wildman–Crippen MR) is 153 cm³/mol. The molecule has 2 N–H and O–H groups in total. The Kier molecular flexibility index (Phi) is 9.69. The summed E-state index contributed by atoms with van der Waals surface area (Å²) in [6.45, 7) is 3.30. The van der Waals surface area contributed by atoms with Crippen LogP contribution < -0.4 is 10.6 Å². The van der Waals surface area contributed by atoms with Gasteiger partial charge in [-0.2, -0.15) is 0 Å². The lowest BCUT2D eigenvalue weighted by Gasteiger charge is -2.34. The SMILES string of the molecule is COCCN1CCN(C(=O)NCC(=O)N2C[C@H](F)C[C@H]2C(=O)N[C@@H](c2ccccc2)c2ccc(C3CC3)c(F)c2)CC1.